The lowest BCUT2D eigenvalue weighted by molar-refractivity contribution is 0.0519. The van der Waals surface area contributed by atoms with Crippen LogP contribution in [0, 0.1) is 0 Å². The first-order chi connectivity index (χ1) is 15.1. The predicted molar refractivity (Wildman–Crippen MR) is 114 cm³/mol. The Hall–Kier alpha value is -3.65. The third-order valence-corrected chi connectivity index (χ3v) is 5.56. The van der Waals surface area contributed by atoms with Crippen molar-refractivity contribution < 1.29 is 14.3 Å². The van der Waals surface area contributed by atoms with Gasteiger partial charge in [0.2, 0.25) is 0 Å². The Bertz CT molecular complexity index is 1310. The lowest BCUT2D eigenvalue weighted by Gasteiger charge is -2.11. The summed E-state index contributed by atoms with van der Waals surface area (Å²) in [5, 5.41) is 9.43. The molecule has 1 aliphatic heterocycles. The van der Waals surface area contributed by atoms with Crippen molar-refractivity contribution in [2.45, 2.75) is 13.3 Å². The second kappa shape index (κ2) is 7.55. The average Bonchev–Trinajstić information content (AvgIpc) is 3.36. The van der Waals surface area contributed by atoms with Crippen molar-refractivity contribution in [1.82, 2.24) is 24.5 Å². The summed E-state index contributed by atoms with van der Waals surface area (Å²) in [6, 6.07) is 13.1. The Labute approximate surface area is 183 Å². The number of halogens is 1. The highest BCUT2D eigenvalue weighted by molar-refractivity contribution is 6.33. The van der Waals surface area contributed by atoms with Crippen LogP contribution >= 0.6 is 11.6 Å². The van der Waals surface area contributed by atoms with Gasteiger partial charge in [0.25, 0.3) is 0 Å². The highest BCUT2D eigenvalue weighted by Crippen LogP contribution is 2.36. The van der Waals surface area contributed by atoms with E-state index in [9.17, 15) is 4.79 Å². The van der Waals surface area contributed by atoms with Crippen LogP contribution < -0.4 is 4.74 Å². The molecule has 0 spiro atoms. The number of carbonyl (C=O) groups excluding carboxylic acids is 1. The number of nitrogens with zero attached hydrogens (tertiary/aromatic N) is 5. The Morgan fingerprint density at radius 2 is 2.00 bits per heavy atom. The van der Waals surface area contributed by atoms with E-state index < -0.39 is 5.97 Å². The molecule has 0 aliphatic carbocycles. The van der Waals surface area contributed by atoms with Crippen LogP contribution in [-0.2, 0) is 11.2 Å². The fourth-order valence-electron chi connectivity index (χ4n) is 3.80. The second-order valence-corrected chi connectivity index (χ2v) is 7.35. The van der Waals surface area contributed by atoms with Crippen LogP contribution in [0.1, 0.15) is 28.8 Å². The molecule has 0 saturated heterocycles. The average molecular weight is 436 g/mol. The number of hydrogen-bond acceptors (Lipinski definition) is 6. The zero-order chi connectivity index (χ0) is 21.5. The van der Waals surface area contributed by atoms with Gasteiger partial charge in [0.15, 0.2) is 5.69 Å². The molecule has 31 heavy (non-hydrogen) atoms. The Morgan fingerprint density at radius 1 is 1.16 bits per heavy atom. The van der Waals surface area contributed by atoms with Gasteiger partial charge in [-0.3, -0.25) is 4.57 Å². The predicted octanol–water partition coefficient (Wildman–Crippen LogP) is 3.86. The molecule has 2 aromatic heterocycles. The molecule has 2 aromatic carbocycles. The molecule has 8 nitrogen and oxygen atoms in total. The molecule has 0 unspecified atom stereocenters. The quantitative estimate of drug-likeness (QED) is 0.398. The monoisotopic (exact) mass is 435 g/mol. The van der Waals surface area contributed by atoms with Crippen molar-refractivity contribution in [1.29, 1.82) is 0 Å². The first kappa shape index (κ1) is 19.3. The van der Waals surface area contributed by atoms with Crippen LogP contribution in [0.25, 0.3) is 22.6 Å². The highest BCUT2D eigenvalue weighted by atomic mass is 35.5. The maximum absolute atomic E-state index is 12.6. The van der Waals surface area contributed by atoms with Gasteiger partial charge in [-0.25, -0.2) is 14.5 Å². The number of fused-ring (bicyclic) bond motifs is 5. The lowest BCUT2D eigenvalue weighted by atomic mass is 10.1. The Kier molecular flexibility index (Phi) is 4.71. The molecule has 0 N–H and O–H groups in total. The number of ether oxygens (including phenoxy) is 2. The van der Waals surface area contributed by atoms with E-state index in [1.807, 2.05) is 47.0 Å². The smallest absolute Gasteiger partial charge is 0.358 e. The zero-order valence-corrected chi connectivity index (χ0v) is 17.6. The van der Waals surface area contributed by atoms with Crippen molar-refractivity contribution in [2.75, 3.05) is 13.7 Å². The van der Waals surface area contributed by atoms with Gasteiger partial charge < -0.3 is 9.47 Å². The minimum atomic E-state index is -0.466. The van der Waals surface area contributed by atoms with Gasteiger partial charge in [-0.2, -0.15) is 0 Å². The van der Waals surface area contributed by atoms with Gasteiger partial charge >= 0.3 is 5.97 Å². The molecule has 0 atom stereocenters. The van der Waals surface area contributed by atoms with Gasteiger partial charge in [0, 0.05) is 18.1 Å². The Balaban J connectivity index is 1.79. The Morgan fingerprint density at radius 3 is 2.77 bits per heavy atom. The summed E-state index contributed by atoms with van der Waals surface area (Å²) in [7, 11) is 1.61. The molecule has 156 valence electrons. The number of carbonyl (C=O) groups is 1. The zero-order valence-electron chi connectivity index (χ0n) is 16.9. The summed E-state index contributed by atoms with van der Waals surface area (Å²) >= 11 is 6.46. The highest BCUT2D eigenvalue weighted by Gasteiger charge is 2.29. The molecule has 3 heterocycles. The molecule has 0 saturated carbocycles. The minimum absolute atomic E-state index is 0.267. The summed E-state index contributed by atoms with van der Waals surface area (Å²) in [4.78, 5) is 16.9. The summed E-state index contributed by atoms with van der Waals surface area (Å²) in [6.07, 6.45) is 1.99. The van der Waals surface area contributed by atoms with E-state index in [1.165, 1.54) is 0 Å². The van der Waals surface area contributed by atoms with Crippen LogP contribution in [0.15, 0.2) is 48.8 Å². The third-order valence-electron chi connectivity index (χ3n) is 5.23. The normalized spacial score (nSPS) is 11.8. The van der Waals surface area contributed by atoms with E-state index in [-0.39, 0.29) is 12.3 Å². The van der Waals surface area contributed by atoms with Gasteiger partial charge in [0.1, 0.15) is 17.8 Å². The molecule has 0 bridgehead atoms. The van der Waals surface area contributed by atoms with Crippen LogP contribution in [0.3, 0.4) is 0 Å². The van der Waals surface area contributed by atoms with Crippen molar-refractivity contribution in [3.8, 4) is 28.4 Å². The van der Waals surface area contributed by atoms with Crippen LogP contribution in [0.4, 0.5) is 0 Å². The van der Waals surface area contributed by atoms with Crippen molar-refractivity contribution in [2.24, 2.45) is 0 Å². The molecule has 0 radical (unpaired) electrons. The molecular formula is C22H18ClN5O3. The number of hydrogen-bond donors (Lipinski definition) is 0. The van der Waals surface area contributed by atoms with Crippen molar-refractivity contribution in [3.63, 3.8) is 0 Å². The largest absolute Gasteiger partial charge is 0.497 e. The lowest BCUT2D eigenvalue weighted by Crippen LogP contribution is -2.10. The molecular weight excluding hydrogens is 418 g/mol. The van der Waals surface area contributed by atoms with E-state index in [0.29, 0.717) is 28.6 Å². The van der Waals surface area contributed by atoms with Gasteiger partial charge in [-0.15, -0.1) is 5.10 Å². The molecule has 4 aromatic rings. The number of benzene rings is 2. The van der Waals surface area contributed by atoms with Crippen LogP contribution in [0.2, 0.25) is 5.02 Å². The molecule has 1 aliphatic rings. The maximum atomic E-state index is 12.6. The third kappa shape index (κ3) is 3.07. The van der Waals surface area contributed by atoms with Gasteiger partial charge in [-0.05, 0) is 25.1 Å². The van der Waals surface area contributed by atoms with E-state index >= 15 is 0 Å². The van der Waals surface area contributed by atoms with Gasteiger partial charge in [-0.1, -0.05) is 35.0 Å². The van der Waals surface area contributed by atoms with Crippen molar-refractivity contribution in [3.05, 3.63) is 70.9 Å². The van der Waals surface area contributed by atoms with E-state index in [2.05, 4.69) is 15.3 Å². The standard InChI is InChI=1S/C22H18ClN5O3/c1-3-31-22(29)21-18-11-19-20(14-6-4-5-7-15(14)23)25-26-28(19)17-10-13(30-2)8-9-16(17)27(18)12-24-21/h4-10,12H,3,11H2,1-2H3. The number of rotatable bonds is 4. The van der Waals surface area contributed by atoms with Crippen molar-refractivity contribution >= 4 is 17.6 Å². The number of esters is 1. The van der Waals surface area contributed by atoms with E-state index in [0.717, 1.165) is 22.6 Å². The van der Waals surface area contributed by atoms with E-state index in [4.69, 9.17) is 21.1 Å². The summed E-state index contributed by atoms with van der Waals surface area (Å²) < 4.78 is 14.3. The molecule has 0 amide bonds. The summed E-state index contributed by atoms with van der Waals surface area (Å²) in [5.74, 6) is 0.209. The molecule has 9 heteroatoms. The number of imidazole rings is 1. The second-order valence-electron chi connectivity index (χ2n) is 6.94. The SMILES string of the molecule is CCOC(=O)c1ncn2c1Cc1c(-c3ccccc3Cl)nnn1-c1cc(OC)ccc1-2. The summed E-state index contributed by atoms with van der Waals surface area (Å²) in [6.45, 7) is 2.03. The minimum Gasteiger partial charge on any atom is -0.497 e. The fraction of sp³-hybridized carbons (Fsp3) is 0.182. The first-order valence-corrected chi connectivity index (χ1v) is 10.1. The van der Waals surface area contributed by atoms with Crippen LogP contribution in [-0.4, -0.2) is 44.2 Å². The van der Waals surface area contributed by atoms with E-state index in [1.54, 1.807) is 25.0 Å². The van der Waals surface area contributed by atoms with Crippen LogP contribution in [0.5, 0.6) is 5.75 Å². The topological polar surface area (TPSA) is 84.1 Å². The summed E-state index contributed by atoms with van der Waals surface area (Å²) in [5.41, 5.74) is 4.71. The maximum Gasteiger partial charge on any atom is 0.358 e. The first-order valence-electron chi connectivity index (χ1n) is 9.74. The van der Waals surface area contributed by atoms with Gasteiger partial charge in [0.05, 0.1) is 41.5 Å². The number of methoxy groups -OCH3 is 1. The molecule has 5 rings (SSSR count). The molecule has 0 fully saturated rings. The fourth-order valence-corrected chi connectivity index (χ4v) is 4.02. The number of aromatic nitrogens is 5.